The molecule has 0 atom stereocenters. The van der Waals surface area contributed by atoms with Crippen LogP contribution in [-0.4, -0.2) is 0 Å². The van der Waals surface area contributed by atoms with Gasteiger partial charge in [-0.1, -0.05) is 18.6 Å². The molecule has 0 fully saturated rings. The normalized spacial score (nSPS) is 18.2. The van der Waals surface area contributed by atoms with Gasteiger partial charge in [-0.2, -0.15) is 0 Å². The van der Waals surface area contributed by atoms with Gasteiger partial charge in [0.2, 0.25) is 0 Å². The van der Waals surface area contributed by atoms with Crippen molar-refractivity contribution in [2.24, 2.45) is 0 Å². The minimum absolute atomic E-state index is 1.06. The lowest BCUT2D eigenvalue weighted by molar-refractivity contribution is 1.14. The summed E-state index contributed by atoms with van der Waals surface area (Å²) in [5.74, 6) is 0. The lowest BCUT2D eigenvalue weighted by atomic mass is 10.2. The van der Waals surface area contributed by atoms with Gasteiger partial charge < -0.3 is 0 Å². The van der Waals surface area contributed by atoms with Gasteiger partial charge >= 0.3 is 0 Å². The zero-order chi connectivity index (χ0) is 5.98. The Hall–Kier alpha value is -0.520. The summed E-state index contributed by atoms with van der Waals surface area (Å²) in [6, 6.07) is 0. The molecule has 1 radical (unpaired) electrons. The maximum Gasteiger partial charge on any atom is -0.00610 e. The van der Waals surface area contributed by atoms with Crippen molar-refractivity contribution >= 4 is 0 Å². The second-order valence-corrected chi connectivity index (χ2v) is 2.22. The Bertz CT molecular complexity index is 138. The molecule has 0 saturated carbocycles. The van der Waals surface area contributed by atoms with Crippen LogP contribution in [0.5, 0.6) is 0 Å². The largest absolute Gasteiger partial charge is 0.0686 e. The van der Waals surface area contributed by atoms with Crippen molar-refractivity contribution in [3.05, 3.63) is 23.3 Å². The fourth-order valence-corrected chi connectivity index (χ4v) is 0.880. The van der Waals surface area contributed by atoms with E-state index in [0.717, 1.165) is 12.8 Å². The van der Waals surface area contributed by atoms with E-state index in [1.807, 2.05) is 0 Å². The van der Waals surface area contributed by atoms with E-state index in [2.05, 4.69) is 26.0 Å². The lowest BCUT2D eigenvalue weighted by Gasteiger charge is -1.85. The minimum atomic E-state index is 1.06. The third kappa shape index (κ3) is 1.00. The predicted octanol–water partition coefficient (Wildman–Crippen LogP) is 2.48. The molecular weight excluding hydrogens is 96.1 g/mol. The zero-order valence-electron chi connectivity index (χ0n) is 5.49. The average molecular weight is 107 g/mol. The summed E-state index contributed by atoms with van der Waals surface area (Å²) in [7, 11) is 0. The molecule has 0 bridgehead atoms. The molecule has 0 nitrogen and oxygen atoms in total. The highest BCUT2D eigenvalue weighted by Gasteiger charge is 1.98. The van der Waals surface area contributed by atoms with E-state index in [1.54, 1.807) is 0 Å². The van der Waals surface area contributed by atoms with Crippen LogP contribution >= 0.6 is 0 Å². The van der Waals surface area contributed by atoms with Crippen molar-refractivity contribution < 1.29 is 0 Å². The molecule has 0 saturated heterocycles. The minimum Gasteiger partial charge on any atom is -0.0686 e. The van der Waals surface area contributed by atoms with Crippen LogP contribution in [0.3, 0.4) is 0 Å². The van der Waals surface area contributed by atoms with E-state index in [9.17, 15) is 0 Å². The van der Waals surface area contributed by atoms with E-state index in [0.29, 0.717) is 0 Å². The molecule has 8 heavy (non-hydrogen) atoms. The first kappa shape index (κ1) is 5.61. The van der Waals surface area contributed by atoms with Crippen LogP contribution in [0.1, 0.15) is 26.7 Å². The molecule has 0 heteroatoms. The van der Waals surface area contributed by atoms with Crippen molar-refractivity contribution in [3.63, 3.8) is 0 Å². The van der Waals surface area contributed by atoms with Gasteiger partial charge in [-0.05, 0) is 31.4 Å². The molecule has 1 rings (SSSR count). The Morgan fingerprint density at radius 2 is 2.50 bits per heavy atom. The topological polar surface area (TPSA) is 0 Å². The fraction of sp³-hybridized carbons (Fsp3) is 0.500. The number of allylic oxidation sites excluding steroid dienone is 4. The summed E-state index contributed by atoms with van der Waals surface area (Å²) in [4.78, 5) is 0. The van der Waals surface area contributed by atoms with Crippen LogP contribution in [0.4, 0.5) is 0 Å². The monoisotopic (exact) mass is 107 g/mol. The first-order valence-corrected chi connectivity index (χ1v) is 3.10. The molecule has 0 N–H and O–H groups in total. The van der Waals surface area contributed by atoms with Crippen molar-refractivity contribution in [2.45, 2.75) is 26.7 Å². The Kier molecular flexibility index (Phi) is 1.52. The second kappa shape index (κ2) is 2.17. The standard InChI is InChI=1S/C8H11/c1-3-8-5-4-7(2)6-8/h6H,3-4H2,1-2H3. The van der Waals surface area contributed by atoms with Crippen LogP contribution in [0.2, 0.25) is 0 Å². The van der Waals surface area contributed by atoms with Crippen molar-refractivity contribution in [1.82, 2.24) is 0 Å². The van der Waals surface area contributed by atoms with Gasteiger partial charge in [0.05, 0.1) is 0 Å². The summed E-state index contributed by atoms with van der Waals surface area (Å²) in [6.45, 7) is 4.31. The number of hydrogen-bond acceptors (Lipinski definition) is 0. The van der Waals surface area contributed by atoms with Gasteiger partial charge in [-0.3, -0.25) is 0 Å². The molecule has 0 aromatic carbocycles. The smallest absolute Gasteiger partial charge is 0.00610 e. The van der Waals surface area contributed by atoms with Crippen LogP contribution in [0, 0.1) is 6.08 Å². The van der Waals surface area contributed by atoms with Crippen molar-refractivity contribution in [2.75, 3.05) is 0 Å². The Labute approximate surface area is 50.9 Å². The van der Waals surface area contributed by atoms with Crippen molar-refractivity contribution in [1.29, 1.82) is 0 Å². The Morgan fingerprint density at radius 1 is 1.75 bits per heavy atom. The molecule has 0 aromatic heterocycles. The predicted molar refractivity (Wildman–Crippen MR) is 35.4 cm³/mol. The van der Waals surface area contributed by atoms with E-state index < -0.39 is 0 Å². The molecular formula is C8H11. The molecule has 0 unspecified atom stereocenters. The third-order valence-corrected chi connectivity index (χ3v) is 1.40. The summed E-state index contributed by atoms with van der Waals surface area (Å²) in [6.07, 6.45) is 7.70. The van der Waals surface area contributed by atoms with Gasteiger partial charge in [0.15, 0.2) is 0 Å². The molecule has 0 aliphatic heterocycles. The molecule has 0 amide bonds. The van der Waals surface area contributed by atoms with E-state index in [1.165, 1.54) is 11.1 Å². The van der Waals surface area contributed by atoms with E-state index >= 15 is 0 Å². The van der Waals surface area contributed by atoms with E-state index in [-0.39, 0.29) is 0 Å². The highest BCUT2D eigenvalue weighted by Crippen LogP contribution is 2.17. The first-order chi connectivity index (χ1) is 3.83. The first-order valence-electron chi connectivity index (χ1n) is 3.10. The Balaban J connectivity index is 2.58. The summed E-state index contributed by atoms with van der Waals surface area (Å²) in [5.41, 5.74) is 2.82. The average Bonchev–Trinajstić information content (AvgIpc) is 2.14. The summed E-state index contributed by atoms with van der Waals surface area (Å²) < 4.78 is 0. The highest BCUT2D eigenvalue weighted by molar-refractivity contribution is 5.27. The maximum atomic E-state index is 3.28. The van der Waals surface area contributed by atoms with Crippen LogP contribution in [-0.2, 0) is 0 Å². The van der Waals surface area contributed by atoms with Gasteiger partial charge in [0.25, 0.3) is 0 Å². The molecule has 0 aromatic rings. The fourth-order valence-electron chi connectivity index (χ4n) is 0.880. The van der Waals surface area contributed by atoms with Gasteiger partial charge in [-0.15, -0.1) is 0 Å². The summed E-state index contributed by atoms with van der Waals surface area (Å²) in [5, 5.41) is 0. The Morgan fingerprint density at radius 3 is 2.75 bits per heavy atom. The SMILES string of the molecule is CCC1=[C]CC(C)=C1. The van der Waals surface area contributed by atoms with Crippen LogP contribution in [0.15, 0.2) is 17.2 Å². The number of rotatable bonds is 1. The maximum absolute atomic E-state index is 3.28. The van der Waals surface area contributed by atoms with E-state index in [4.69, 9.17) is 0 Å². The number of hydrogen-bond donors (Lipinski definition) is 0. The molecule has 0 heterocycles. The van der Waals surface area contributed by atoms with Gasteiger partial charge in [0.1, 0.15) is 0 Å². The zero-order valence-corrected chi connectivity index (χ0v) is 5.49. The summed E-state index contributed by atoms with van der Waals surface area (Å²) >= 11 is 0. The molecule has 1 aliphatic carbocycles. The quantitative estimate of drug-likeness (QED) is 0.483. The van der Waals surface area contributed by atoms with Crippen LogP contribution in [0.25, 0.3) is 0 Å². The van der Waals surface area contributed by atoms with Gasteiger partial charge in [-0.25, -0.2) is 0 Å². The second-order valence-electron chi connectivity index (χ2n) is 2.22. The highest BCUT2D eigenvalue weighted by atomic mass is 14.0. The molecule has 1 aliphatic rings. The lowest BCUT2D eigenvalue weighted by Crippen LogP contribution is -1.65. The van der Waals surface area contributed by atoms with Gasteiger partial charge in [0, 0.05) is 0 Å². The van der Waals surface area contributed by atoms with Crippen LogP contribution < -0.4 is 0 Å². The molecule has 43 valence electrons. The third-order valence-electron chi connectivity index (χ3n) is 1.40. The van der Waals surface area contributed by atoms with Crippen molar-refractivity contribution in [3.8, 4) is 0 Å². The molecule has 0 spiro atoms.